The number of benzene rings is 1. The Labute approximate surface area is 118 Å². The molecule has 0 saturated heterocycles. The highest BCUT2D eigenvalue weighted by Gasteiger charge is 2.51. The number of hydrogen-bond donors (Lipinski definition) is 2. The number of carbonyl (C=O) groups excluding carboxylic acids is 1. The zero-order valence-electron chi connectivity index (χ0n) is 9.67. The standard InChI is InChI=1S/C12H10Cl2FNO3/c13-7-4-6(5-8(14)9(7)15)16-10(17)12(11(18)19)2-1-3-12/h4-5H,1-3H2,(H,16,17)(H,18,19). The number of rotatable bonds is 3. The Morgan fingerprint density at radius 1 is 1.26 bits per heavy atom. The van der Waals surface area contributed by atoms with Gasteiger partial charge < -0.3 is 10.4 Å². The first-order valence-corrected chi connectivity index (χ1v) is 6.32. The van der Waals surface area contributed by atoms with E-state index < -0.39 is 23.1 Å². The number of halogens is 3. The van der Waals surface area contributed by atoms with Crippen LogP contribution in [0.2, 0.25) is 10.0 Å². The summed E-state index contributed by atoms with van der Waals surface area (Å²) in [6.45, 7) is 0. The van der Waals surface area contributed by atoms with Gasteiger partial charge in [0.15, 0.2) is 5.82 Å². The molecule has 7 heteroatoms. The fourth-order valence-electron chi connectivity index (χ4n) is 1.95. The van der Waals surface area contributed by atoms with Crippen molar-refractivity contribution in [2.24, 2.45) is 5.41 Å². The molecule has 1 saturated carbocycles. The summed E-state index contributed by atoms with van der Waals surface area (Å²) >= 11 is 11.2. The smallest absolute Gasteiger partial charge is 0.319 e. The lowest BCUT2D eigenvalue weighted by Gasteiger charge is -2.35. The number of carbonyl (C=O) groups is 2. The third-order valence-electron chi connectivity index (χ3n) is 3.29. The number of anilines is 1. The number of aliphatic carboxylic acids is 1. The van der Waals surface area contributed by atoms with Crippen LogP contribution in [-0.4, -0.2) is 17.0 Å². The van der Waals surface area contributed by atoms with Crippen LogP contribution >= 0.6 is 23.2 Å². The fourth-order valence-corrected chi connectivity index (χ4v) is 2.43. The van der Waals surface area contributed by atoms with E-state index in [0.29, 0.717) is 6.42 Å². The molecule has 1 aliphatic rings. The Kier molecular flexibility index (Phi) is 3.69. The first-order valence-electron chi connectivity index (χ1n) is 5.56. The van der Waals surface area contributed by atoms with Crippen molar-refractivity contribution in [3.05, 3.63) is 28.0 Å². The minimum Gasteiger partial charge on any atom is -0.480 e. The largest absolute Gasteiger partial charge is 0.480 e. The van der Waals surface area contributed by atoms with E-state index in [-0.39, 0.29) is 28.6 Å². The molecular formula is C12H10Cl2FNO3. The molecule has 0 heterocycles. The van der Waals surface area contributed by atoms with Gasteiger partial charge in [-0.25, -0.2) is 4.39 Å². The topological polar surface area (TPSA) is 66.4 Å². The second kappa shape index (κ2) is 4.98. The molecule has 0 spiro atoms. The maximum atomic E-state index is 13.2. The summed E-state index contributed by atoms with van der Waals surface area (Å²) in [4.78, 5) is 23.1. The van der Waals surface area contributed by atoms with E-state index in [2.05, 4.69) is 5.32 Å². The average molecular weight is 306 g/mol. The van der Waals surface area contributed by atoms with Crippen LogP contribution in [0.4, 0.5) is 10.1 Å². The molecule has 1 aromatic rings. The first-order chi connectivity index (χ1) is 8.86. The van der Waals surface area contributed by atoms with Crippen LogP contribution in [0, 0.1) is 11.2 Å². The van der Waals surface area contributed by atoms with Crippen molar-refractivity contribution in [3.8, 4) is 0 Å². The Morgan fingerprint density at radius 2 is 1.79 bits per heavy atom. The van der Waals surface area contributed by atoms with Gasteiger partial charge in [0.1, 0.15) is 5.41 Å². The van der Waals surface area contributed by atoms with Crippen molar-refractivity contribution in [1.29, 1.82) is 0 Å². The molecule has 0 atom stereocenters. The van der Waals surface area contributed by atoms with E-state index in [1.54, 1.807) is 0 Å². The van der Waals surface area contributed by atoms with Crippen LogP contribution in [0.3, 0.4) is 0 Å². The highest BCUT2D eigenvalue weighted by molar-refractivity contribution is 6.35. The molecule has 0 unspecified atom stereocenters. The molecule has 2 N–H and O–H groups in total. The second-order valence-corrected chi connectivity index (χ2v) is 5.26. The van der Waals surface area contributed by atoms with Crippen LogP contribution < -0.4 is 5.32 Å². The van der Waals surface area contributed by atoms with Gasteiger partial charge in [-0.2, -0.15) is 0 Å². The van der Waals surface area contributed by atoms with E-state index in [1.165, 1.54) is 12.1 Å². The van der Waals surface area contributed by atoms with Crippen molar-refractivity contribution >= 4 is 40.8 Å². The predicted molar refractivity (Wildman–Crippen MR) is 69.0 cm³/mol. The van der Waals surface area contributed by atoms with E-state index in [4.69, 9.17) is 28.3 Å². The van der Waals surface area contributed by atoms with E-state index in [1.807, 2.05) is 0 Å². The summed E-state index contributed by atoms with van der Waals surface area (Å²) in [5.41, 5.74) is -1.22. The van der Waals surface area contributed by atoms with Gasteiger partial charge in [-0.1, -0.05) is 29.6 Å². The Morgan fingerprint density at radius 3 is 2.16 bits per heavy atom. The molecule has 0 radical (unpaired) electrons. The van der Waals surface area contributed by atoms with Crippen molar-refractivity contribution in [1.82, 2.24) is 0 Å². The summed E-state index contributed by atoms with van der Waals surface area (Å²) in [5.74, 6) is -2.57. The zero-order valence-corrected chi connectivity index (χ0v) is 11.2. The molecule has 19 heavy (non-hydrogen) atoms. The third-order valence-corrected chi connectivity index (χ3v) is 3.84. The van der Waals surface area contributed by atoms with Gasteiger partial charge in [-0.15, -0.1) is 0 Å². The van der Waals surface area contributed by atoms with Gasteiger partial charge in [0.05, 0.1) is 10.0 Å². The van der Waals surface area contributed by atoms with Gasteiger partial charge in [-0.3, -0.25) is 9.59 Å². The lowest BCUT2D eigenvalue weighted by Crippen LogP contribution is -2.48. The maximum absolute atomic E-state index is 13.2. The Hall–Kier alpha value is -1.33. The average Bonchev–Trinajstić information content (AvgIpc) is 2.23. The Balaban J connectivity index is 2.22. The highest BCUT2D eigenvalue weighted by atomic mass is 35.5. The van der Waals surface area contributed by atoms with Crippen LogP contribution in [0.15, 0.2) is 12.1 Å². The minimum absolute atomic E-state index is 0.175. The molecule has 1 fully saturated rings. The molecule has 1 aliphatic carbocycles. The summed E-state index contributed by atoms with van der Waals surface area (Å²) in [6.07, 6.45) is 1.26. The summed E-state index contributed by atoms with van der Waals surface area (Å²) < 4.78 is 13.2. The minimum atomic E-state index is -1.40. The zero-order chi connectivity index (χ0) is 14.2. The van der Waals surface area contributed by atoms with Crippen molar-refractivity contribution < 1.29 is 19.1 Å². The SMILES string of the molecule is O=C(O)C1(C(=O)Nc2cc(Cl)c(F)c(Cl)c2)CCC1. The molecule has 1 aromatic carbocycles. The Bertz CT molecular complexity index is 535. The summed E-state index contributed by atoms with van der Waals surface area (Å²) in [5, 5.41) is 11.1. The highest BCUT2D eigenvalue weighted by Crippen LogP contribution is 2.42. The number of carboxylic acid groups (broad SMARTS) is 1. The quantitative estimate of drug-likeness (QED) is 0.665. The molecule has 0 aromatic heterocycles. The predicted octanol–water partition coefficient (Wildman–Crippen LogP) is 3.33. The molecule has 4 nitrogen and oxygen atoms in total. The molecule has 1 amide bonds. The second-order valence-electron chi connectivity index (χ2n) is 4.45. The molecular weight excluding hydrogens is 296 g/mol. The van der Waals surface area contributed by atoms with Gasteiger partial charge in [0, 0.05) is 5.69 Å². The van der Waals surface area contributed by atoms with Gasteiger partial charge >= 0.3 is 5.97 Å². The number of carboxylic acids is 1. The van der Waals surface area contributed by atoms with Crippen LogP contribution in [0.25, 0.3) is 0 Å². The fraction of sp³-hybridized carbons (Fsp3) is 0.333. The third kappa shape index (κ3) is 2.40. The van der Waals surface area contributed by atoms with Gasteiger partial charge in [-0.05, 0) is 25.0 Å². The molecule has 102 valence electrons. The first kappa shape index (κ1) is 14.1. The van der Waals surface area contributed by atoms with Crippen molar-refractivity contribution in [3.63, 3.8) is 0 Å². The lowest BCUT2D eigenvalue weighted by atomic mass is 9.68. The maximum Gasteiger partial charge on any atom is 0.319 e. The van der Waals surface area contributed by atoms with Crippen molar-refractivity contribution in [2.75, 3.05) is 5.32 Å². The number of amides is 1. The lowest BCUT2D eigenvalue weighted by molar-refractivity contribution is -0.159. The van der Waals surface area contributed by atoms with Gasteiger partial charge in [0.2, 0.25) is 5.91 Å². The monoisotopic (exact) mass is 305 g/mol. The van der Waals surface area contributed by atoms with E-state index in [0.717, 1.165) is 0 Å². The van der Waals surface area contributed by atoms with Gasteiger partial charge in [0.25, 0.3) is 0 Å². The number of hydrogen-bond acceptors (Lipinski definition) is 2. The summed E-state index contributed by atoms with van der Waals surface area (Å²) in [6, 6.07) is 2.38. The summed E-state index contributed by atoms with van der Waals surface area (Å²) in [7, 11) is 0. The molecule has 2 rings (SSSR count). The van der Waals surface area contributed by atoms with Crippen LogP contribution in [0.5, 0.6) is 0 Å². The van der Waals surface area contributed by atoms with E-state index >= 15 is 0 Å². The van der Waals surface area contributed by atoms with Crippen LogP contribution in [-0.2, 0) is 9.59 Å². The molecule has 0 bridgehead atoms. The van der Waals surface area contributed by atoms with E-state index in [9.17, 15) is 14.0 Å². The number of nitrogens with one attached hydrogen (secondary N) is 1. The molecule has 0 aliphatic heterocycles. The van der Waals surface area contributed by atoms with Crippen molar-refractivity contribution in [2.45, 2.75) is 19.3 Å². The normalized spacial score (nSPS) is 16.6. The van der Waals surface area contributed by atoms with Crippen LogP contribution in [0.1, 0.15) is 19.3 Å².